The molecule has 0 aromatic heterocycles. The molecule has 1 atom stereocenters. The van der Waals surface area contributed by atoms with Crippen LogP contribution < -0.4 is 15.0 Å². The number of methoxy groups -OCH3 is 1. The molecular formula is C19H31N3O4S. The summed E-state index contributed by atoms with van der Waals surface area (Å²) in [6, 6.07) is 3.38. The molecule has 0 saturated carbocycles. The Labute approximate surface area is 162 Å². The molecule has 1 N–H and O–H groups in total. The highest BCUT2D eigenvalue weighted by Crippen LogP contribution is 2.33. The third-order valence-electron chi connectivity index (χ3n) is 5.13. The topological polar surface area (TPSA) is 79.0 Å². The summed E-state index contributed by atoms with van der Waals surface area (Å²) in [6.45, 7) is 6.27. The van der Waals surface area contributed by atoms with E-state index < -0.39 is 9.84 Å². The summed E-state index contributed by atoms with van der Waals surface area (Å²) >= 11 is 0. The number of carbonyl (C=O) groups is 1. The summed E-state index contributed by atoms with van der Waals surface area (Å²) < 4.78 is 30.5. The van der Waals surface area contributed by atoms with Crippen LogP contribution in [0.3, 0.4) is 0 Å². The van der Waals surface area contributed by atoms with E-state index in [-0.39, 0.29) is 22.1 Å². The Bertz CT molecular complexity index is 777. The minimum Gasteiger partial charge on any atom is -0.496 e. The number of hydrogen-bond donors (Lipinski definition) is 1. The number of likely N-dealkylation sites (tertiary alicyclic amines) is 1. The van der Waals surface area contributed by atoms with E-state index in [9.17, 15) is 13.2 Å². The van der Waals surface area contributed by atoms with Crippen LogP contribution in [0.1, 0.15) is 37.0 Å². The van der Waals surface area contributed by atoms with Crippen LogP contribution in [0, 0.1) is 0 Å². The van der Waals surface area contributed by atoms with Gasteiger partial charge in [0.1, 0.15) is 5.75 Å². The molecule has 7 nitrogen and oxygen atoms in total. The first-order chi connectivity index (χ1) is 12.7. The van der Waals surface area contributed by atoms with Crippen molar-refractivity contribution < 1.29 is 17.9 Å². The Hall–Kier alpha value is -1.80. The van der Waals surface area contributed by atoms with Gasteiger partial charge in [0.2, 0.25) is 0 Å². The first-order valence-electron chi connectivity index (χ1n) is 9.39. The van der Waals surface area contributed by atoms with E-state index in [0.717, 1.165) is 25.9 Å². The van der Waals surface area contributed by atoms with Crippen LogP contribution in [-0.2, 0) is 9.84 Å². The summed E-state index contributed by atoms with van der Waals surface area (Å²) in [5, 5.41) is 2.96. The number of anilines is 1. The zero-order valence-corrected chi connectivity index (χ0v) is 17.7. The predicted octanol–water partition coefficient (Wildman–Crippen LogP) is 1.77. The molecule has 0 spiro atoms. The molecule has 1 heterocycles. The van der Waals surface area contributed by atoms with E-state index in [1.54, 1.807) is 32.0 Å². The highest BCUT2D eigenvalue weighted by molar-refractivity contribution is 7.91. The lowest BCUT2D eigenvalue weighted by Gasteiger charge is -2.23. The lowest BCUT2D eigenvalue weighted by atomic mass is 10.1. The average Bonchev–Trinajstić information content (AvgIpc) is 3.12. The zero-order chi connectivity index (χ0) is 20.2. The van der Waals surface area contributed by atoms with E-state index in [4.69, 9.17) is 4.74 Å². The molecule has 152 valence electrons. The fraction of sp³-hybridized carbons (Fsp3) is 0.632. The van der Waals surface area contributed by atoms with E-state index in [1.165, 1.54) is 13.2 Å². The van der Waals surface area contributed by atoms with Gasteiger partial charge in [0.05, 0.1) is 29.0 Å². The van der Waals surface area contributed by atoms with Crippen LogP contribution in [-0.4, -0.2) is 71.9 Å². The molecular weight excluding hydrogens is 366 g/mol. The predicted molar refractivity (Wildman–Crippen MR) is 108 cm³/mol. The van der Waals surface area contributed by atoms with Crippen molar-refractivity contribution >= 4 is 21.4 Å². The monoisotopic (exact) mass is 397 g/mol. The third kappa shape index (κ3) is 4.73. The maximum atomic E-state index is 12.8. The van der Waals surface area contributed by atoms with Crippen LogP contribution in [0.5, 0.6) is 5.75 Å². The Morgan fingerprint density at radius 1 is 1.33 bits per heavy atom. The standard InChI is InChI=1S/C19H31N3O4S/c1-6-22-10-8-9-14(22)13-20-19(23)15-11-18(27(24,25)7-2)16(21(3)4)12-17(15)26-5/h11-12,14H,6-10,13H2,1-5H3,(H,20,23). The SMILES string of the molecule is CCN1CCCC1CNC(=O)c1cc(S(=O)(=O)CC)c(N(C)C)cc1OC. The normalized spacial score (nSPS) is 17.7. The van der Waals surface area contributed by atoms with Crippen molar-refractivity contribution in [2.24, 2.45) is 0 Å². The van der Waals surface area contributed by atoms with Gasteiger partial charge >= 0.3 is 0 Å². The molecule has 0 aliphatic carbocycles. The summed E-state index contributed by atoms with van der Waals surface area (Å²) in [5.74, 6) is 0.0204. The Balaban J connectivity index is 2.34. The van der Waals surface area contributed by atoms with Crippen molar-refractivity contribution in [2.45, 2.75) is 37.6 Å². The summed E-state index contributed by atoms with van der Waals surface area (Å²) in [5.41, 5.74) is 0.759. The highest BCUT2D eigenvalue weighted by Gasteiger charge is 2.26. The van der Waals surface area contributed by atoms with Gasteiger partial charge in [-0.15, -0.1) is 0 Å². The minimum atomic E-state index is -3.48. The molecule has 1 aliphatic heterocycles. The number of hydrogen-bond acceptors (Lipinski definition) is 6. The van der Waals surface area contributed by atoms with Crippen molar-refractivity contribution in [1.82, 2.24) is 10.2 Å². The van der Waals surface area contributed by atoms with Gasteiger partial charge in [0.25, 0.3) is 5.91 Å². The van der Waals surface area contributed by atoms with Gasteiger partial charge in [-0.2, -0.15) is 0 Å². The van der Waals surface area contributed by atoms with Gasteiger partial charge in [-0.3, -0.25) is 9.69 Å². The number of amides is 1. The zero-order valence-electron chi connectivity index (χ0n) is 16.9. The van der Waals surface area contributed by atoms with Crippen molar-refractivity contribution in [2.75, 3.05) is 51.5 Å². The summed E-state index contributed by atoms with van der Waals surface area (Å²) in [7, 11) is 1.53. The van der Waals surface area contributed by atoms with Crippen LogP contribution in [0.25, 0.3) is 0 Å². The average molecular weight is 398 g/mol. The third-order valence-corrected chi connectivity index (χ3v) is 6.88. The molecule has 1 fully saturated rings. The Morgan fingerprint density at radius 3 is 2.59 bits per heavy atom. The lowest BCUT2D eigenvalue weighted by molar-refractivity contribution is 0.0938. The Morgan fingerprint density at radius 2 is 2.04 bits per heavy atom. The number of nitrogens with zero attached hydrogens (tertiary/aromatic N) is 2. The molecule has 1 aromatic rings. The molecule has 1 unspecified atom stereocenters. The van der Waals surface area contributed by atoms with Crippen molar-refractivity contribution in [3.05, 3.63) is 17.7 Å². The van der Waals surface area contributed by atoms with Gasteiger partial charge in [0.15, 0.2) is 9.84 Å². The lowest BCUT2D eigenvalue weighted by Crippen LogP contribution is -2.40. The minimum absolute atomic E-state index is 0.0330. The van der Waals surface area contributed by atoms with E-state index >= 15 is 0 Å². The van der Waals surface area contributed by atoms with Gasteiger partial charge in [-0.25, -0.2) is 8.42 Å². The molecule has 2 rings (SSSR count). The largest absolute Gasteiger partial charge is 0.496 e. The van der Waals surface area contributed by atoms with Crippen LogP contribution in [0.4, 0.5) is 5.69 Å². The number of sulfone groups is 1. The van der Waals surface area contributed by atoms with Crippen molar-refractivity contribution in [3.63, 3.8) is 0 Å². The van der Waals surface area contributed by atoms with Gasteiger partial charge in [-0.05, 0) is 32.0 Å². The number of rotatable bonds is 8. The molecule has 0 bridgehead atoms. The van der Waals surface area contributed by atoms with E-state index in [1.807, 2.05) is 0 Å². The second-order valence-electron chi connectivity index (χ2n) is 6.95. The Kier molecular flexibility index (Phi) is 7.11. The maximum Gasteiger partial charge on any atom is 0.255 e. The second-order valence-corrected chi connectivity index (χ2v) is 9.20. The number of nitrogens with one attached hydrogen (secondary N) is 1. The molecule has 1 aliphatic rings. The van der Waals surface area contributed by atoms with Crippen LogP contribution in [0.15, 0.2) is 17.0 Å². The first-order valence-corrected chi connectivity index (χ1v) is 11.0. The van der Waals surface area contributed by atoms with Gasteiger partial charge in [0, 0.05) is 32.7 Å². The maximum absolute atomic E-state index is 12.8. The summed E-state index contributed by atoms with van der Waals surface area (Å²) in [4.78, 5) is 17.0. The van der Waals surface area contributed by atoms with Crippen LogP contribution >= 0.6 is 0 Å². The van der Waals surface area contributed by atoms with Gasteiger partial charge in [-0.1, -0.05) is 13.8 Å². The second kappa shape index (κ2) is 8.93. The molecule has 1 amide bonds. The molecule has 27 heavy (non-hydrogen) atoms. The van der Waals surface area contributed by atoms with Gasteiger partial charge < -0.3 is 15.0 Å². The molecule has 0 radical (unpaired) electrons. The highest BCUT2D eigenvalue weighted by atomic mass is 32.2. The number of ether oxygens (including phenoxy) is 1. The summed E-state index contributed by atoms with van der Waals surface area (Å²) in [6.07, 6.45) is 2.19. The molecule has 8 heteroatoms. The van der Waals surface area contributed by atoms with E-state index in [2.05, 4.69) is 17.1 Å². The number of carbonyl (C=O) groups excluding carboxylic acids is 1. The molecule has 1 aromatic carbocycles. The van der Waals surface area contributed by atoms with Crippen LogP contribution in [0.2, 0.25) is 0 Å². The first kappa shape index (κ1) is 21.5. The van der Waals surface area contributed by atoms with E-state index in [0.29, 0.717) is 24.0 Å². The number of likely N-dealkylation sites (N-methyl/N-ethyl adjacent to an activating group) is 1. The number of benzene rings is 1. The quantitative estimate of drug-likeness (QED) is 0.720. The smallest absolute Gasteiger partial charge is 0.255 e. The fourth-order valence-corrected chi connectivity index (χ4v) is 4.67. The fourth-order valence-electron chi connectivity index (χ4n) is 3.50. The van der Waals surface area contributed by atoms with Crippen molar-refractivity contribution in [3.8, 4) is 5.75 Å². The molecule has 1 saturated heterocycles. The van der Waals surface area contributed by atoms with Crippen molar-refractivity contribution in [1.29, 1.82) is 0 Å².